The number of hydrogen-bond donors (Lipinski definition) is 1. The van der Waals surface area contributed by atoms with Crippen LogP contribution in [0.2, 0.25) is 5.02 Å². The van der Waals surface area contributed by atoms with Gasteiger partial charge in [0.25, 0.3) is 0 Å². The zero-order valence-corrected chi connectivity index (χ0v) is 22.5. The molecule has 3 aromatic rings. The van der Waals surface area contributed by atoms with Gasteiger partial charge in [0, 0.05) is 54.2 Å². The number of nitrogens with zero attached hydrogens (tertiary/aromatic N) is 4. The fourth-order valence-corrected chi connectivity index (χ4v) is 5.75. The van der Waals surface area contributed by atoms with Crippen molar-refractivity contribution in [2.45, 2.75) is 25.7 Å². The molecule has 5 rings (SSSR count). The molecule has 2 aromatic heterocycles. The third-order valence-electron chi connectivity index (χ3n) is 7.47. The molecule has 0 aliphatic carbocycles. The number of likely N-dealkylation sites (tertiary alicyclic amines) is 1. The van der Waals surface area contributed by atoms with E-state index in [-0.39, 0.29) is 11.9 Å². The molecule has 0 radical (unpaired) electrons. The first kappa shape index (κ1) is 26.1. The van der Waals surface area contributed by atoms with Gasteiger partial charge in [-0.1, -0.05) is 30.3 Å². The number of halogens is 1. The first-order chi connectivity index (χ1) is 18.5. The number of urea groups is 1. The highest BCUT2D eigenvalue weighted by Gasteiger charge is 2.31. The maximum Gasteiger partial charge on any atom is 0.314 e. The topological polar surface area (TPSA) is 76.6 Å². The van der Waals surface area contributed by atoms with E-state index in [0.717, 1.165) is 60.0 Å². The molecule has 0 bridgehead atoms. The van der Waals surface area contributed by atoms with E-state index in [0.29, 0.717) is 31.3 Å². The van der Waals surface area contributed by atoms with E-state index in [1.54, 1.807) is 4.90 Å². The fraction of sp³-hybridized carbons (Fsp3) is 0.333. The van der Waals surface area contributed by atoms with Crippen molar-refractivity contribution in [3.05, 3.63) is 77.1 Å². The highest BCUT2D eigenvalue weighted by atomic mass is 35.5. The number of rotatable bonds is 6. The Morgan fingerprint density at radius 2 is 1.82 bits per heavy atom. The number of allylic oxidation sites excluding steroid dienone is 1. The minimum absolute atomic E-state index is 0.248. The standard InChI is InChI=1S/C30H34ClN5O2/c1-3-5-25-26(4-2)36(24-9-7-23(31)8-10-24)29(28(25)21-12-14-35(15-13-21)30(32)37)22-6-11-27(33-20-22)34-16-18-38-19-17-34/h3-11,20-21H,2,12-19H2,1H3,(H2,32,37)/b5-3-. The van der Waals surface area contributed by atoms with Gasteiger partial charge in [0.15, 0.2) is 0 Å². The van der Waals surface area contributed by atoms with Gasteiger partial charge in [0.1, 0.15) is 5.82 Å². The number of piperidine rings is 1. The van der Waals surface area contributed by atoms with Crippen molar-refractivity contribution in [1.82, 2.24) is 14.5 Å². The summed E-state index contributed by atoms with van der Waals surface area (Å²) in [6.07, 6.45) is 9.80. The van der Waals surface area contributed by atoms with Crippen LogP contribution in [0.25, 0.3) is 29.1 Å². The lowest BCUT2D eigenvalue weighted by Gasteiger charge is -2.32. The van der Waals surface area contributed by atoms with Crippen LogP contribution in [0, 0.1) is 0 Å². The highest BCUT2D eigenvalue weighted by Crippen LogP contribution is 2.43. The lowest BCUT2D eigenvalue weighted by atomic mass is 9.85. The predicted octanol–water partition coefficient (Wildman–Crippen LogP) is 5.96. The molecule has 8 heteroatoms. The Morgan fingerprint density at radius 1 is 1.11 bits per heavy atom. The summed E-state index contributed by atoms with van der Waals surface area (Å²) in [7, 11) is 0. The number of ether oxygens (including phenoxy) is 1. The molecule has 2 amide bonds. The van der Waals surface area contributed by atoms with Gasteiger partial charge in [0.2, 0.25) is 0 Å². The monoisotopic (exact) mass is 531 g/mol. The number of nitrogens with two attached hydrogens (primary N) is 1. The van der Waals surface area contributed by atoms with E-state index in [1.807, 2.05) is 43.5 Å². The maximum atomic E-state index is 11.8. The minimum atomic E-state index is -0.356. The van der Waals surface area contributed by atoms with E-state index >= 15 is 0 Å². The molecule has 0 unspecified atom stereocenters. The molecule has 0 saturated carbocycles. The zero-order valence-electron chi connectivity index (χ0n) is 21.8. The lowest BCUT2D eigenvalue weighted by molar-refractivity contribution is 0.122. The van der Waals surface area contributed by atoms with Gasteiger partial charge in [-0.3, -0.25) is 0 Å². The summed E-state index contributed by atoms with van der Waals surface area (Å²) in [5, 5.41) is 0.687. The minimum Gasteiger partial charge on any atom is -0.378 e. The first-order valence-electron chi connectivity index (χ1n) is 13.1. The molecule has 2 N–H and O–H groups in total. The van der Waals surface area contributed by atoms with Gasteiger partial charge in [-0.25, -0.2) is 9.78 Å². The van der Waals surface area contributed by atoms with Crippen LogP contribution in [0.4, 0.5) is 10.6 Å². The number of amides is 2. The summed E-state index contributed by atoms with van der Waals surface area (Å²) in [6, 6.07) is 11.8. The molecule has 2 fully saturated rings. The van der Waals surface area contributed by atoms with Crippen LogP contribution in [0.15, 0.2) is 55.3 Å². The van der Waals surface area contributed by atoms with Crippen molar-refractivity contribution in [1.29, 1.82) is 0 Å². The van der Waals surface area contributed by atoms with Crippen molar-refractivity contribution in [2.24, 2.45) is 5.73 Å². The molecular weight excluding hydrogens is 498 g/mol. The van der Waals surface area contributed by atoms with Gasteiger partial charge in [-0.05, 0) is 73.7 Å². The van der Waals surface area contributed by atoms with E-state index in [9.17, 15) is 4.79 Å². The van der Waals surface area contributed by atoms with Crippen LogP contribution in [-0.4, -0.2) is 59.9 Å². The van der Waals surface area contributed by atoms with Crippen molar-refractivity contribution in [3.8, 4) is 16.9 Å². The molecule has 7 nitrogen and oxygen atoms in total. The number of hydrogen-bond acceptors (Lipinski definition) is 4. The van der Waals surface area contributed by atoms with Crippen LogP contribution < -0.4 is 10.6 Å². The molecule has 198 valence electrons. The van der Waals surface area contributed by atoms with Gasteiger partial charge in [-0.15, -0.1) is 0 Å². The first-order valence-corrected chi connectivity index (χ1v) is 13.5. The van der Waals surface area contributed by atoms with Crippen molar-refractivity contribution in [3.63, 3.8) is 0 Å². The van der Waals surface area contributed by atoms with Crippen molar-refractivity contribution in [2.75, 3.05) is 44.3 Å². The average molecular weight is 532 g/mol. The van der Waals surface area contributed by atoms with Gasteiger partial charge in [-0.2, -0.15) is 0 Å². The van der Waals surface area contributed by atoms with Crippen molar-refractivity contribution >= 4 is 35.6 Å². The largest absolute Gasteiger partial charge is 0.378 e. The Morgan fingerprint density at radius 3 is 2.39 bits per heavy atom. The second kappa shape index (κ2) is 11.5. The molecule has 2 aliphatic heterocycles. The van der Waals surface area contributed by atoms with Crippen LogP contribution in [0.1, 0.15) is 42.5 Å². The number of carbonyl (C=O) groups is 1. The number of benzene rings is 1. The molecular formula is C30H34ClN5O2. The summed E-state index contributed by atoms with van der Waals surface area (Å²) in [4.78, 5) is 20.7. The normalized spacial score (nSPS) is 16.8. The number of primary amides is 1. The van der Waals surface area contributed by atoms with E-state index in [1.165, 1.54) is 5.56 Å². The number of anilines is 1. The van der Waals surface area contributed by atoms with Crippen LogP contribution in [0.3, 0.4) is 0 Å². The SMILES string of the molecule is C=Cc1c(/C=C\C)c(C2CCN(C(N)=O)CC2)c(-c2ccc(N3CCOCC3)nc2)n1-c1ccc(Cl)cc1. The zero-order chi connectivity index (χ0) is 26.6. The maximum absolute atomic E-state index is 11.8. The molecule has 2 saturated heterocycles. The van der Waals surface area contributed by atoms with E-state index in [4.69, 9.17) is 27.1 Å². The van der Waals surface area contributed by atoms with Crippen LogP contribution in [-0.2, 0) is 4.74 Å². The third kappa shape index (κ3) is 5.08. The van der Waals surface area contributed by atoms with Crippen LogP contribution in [0.5, 0.6) is 0 Å². The molecule has 38 heavy (non-hydrogen) atoms. The Hall–Kier alpha value is -3.55. The van der Waals surface area contributed by atoms with Gasteiger partial charge in [0.05, 0.1) is 24.6 Å². The molecule has 1 aromatic carbocycles. The smallest absolute Gasteiger partial charge is 0.314 e. The number of carbonyl (C=O) groups excluding carboxylic acids is 1. The molecule has 0 atom stereocenters. The van der Waals surface area contributed by atoms with Crippen LogP contribution >= 0.6 is 11.6 Å². The number of pyridine rings is 1. The Bertz CT molecular complexity index is 1320. The number of morpholine rings is 1. The lowest BCUT2D eigenvalue weighted by Crippen LogP contribution is -2.41. The number of aromatic nitrogens is 2. The summed E-state index contributed by atoms with van der Waals surface area (Å²) in [5.74, 6) is 1.20. The summed E-state index contributed by atoms with van der Waals surface area (Å²) in [5.41, 5.74) is 12.1. The predicted molar refractivity (Wildman–Crippen MR) is 155 cm³/mol. The van der Waals surface area contributed by atoms with E-state index in [2.05, 4.69) is 40.3 Å². The summed E-state index contributed by atoms with van der Waals surface area (Å²) in [6.45, 7) is 10.6. The second-order valence-electron chi connectivity index (χ2n) is 9.68. The van der Waals surface area contributed by atoms with Gasteiger partial charge >= 0.3 is 6.03 Å². The highest BCUT2D eigenvalue weighted by molar-refractivity contribution is 6.30. The molecule has 2 aliphatic rings. The second-order valence-corrected chi connectivity index (χ2v) is 10.1. The van der Waals surface area contributed by atoms with E-state index < -0.39 is 0 Å². The van der Waals surface area contributed by atoms with Crippen molar-refractivity contribution < 1.29 is 9.53 Å². The Kier molecular flexibility index (Phi) is 7.86. The van der Waals surface area contributed by atoms with Gasteiger partial charge < -0.3 is 24.8 Å². The molecule has 4 heterocycles. The Labute approximate surface area is 229 Å². The summed E-state index contributed by atoms with van der Waals surface area (Å²) < 4.78 is 7.78. The quantitative estimate of drug-likeness (QED) is 0.425. The third-order valence-corrected chi connectivity index (χ3v) is 7.72. The average Bonchev–Trinajstić information content (AvgIpc) is 3.28. The fourth-order valence-electron chi connectivity index (χ4n) is 5.62. The summed E-state index contributed by atoms with van der Waals surface area (Å²) >= 11 is 6.26. The Balaban J connectivity index is 1.68. The molecule has 0 spiro atoms.